The number of hydrogen-bond donors (Lipinski definition) is 1. The summed E-state index contributed by atoms with van der Waals surface area (Å²) in [5, 5.41) is 3.89. The zero-order valence-corrected chi connectivity index (χ0v) is 19.4. The van der Waals surface area contributed by atoms with Crippen molar-refractivity contribution in [1.29, 1.82) is 0 Å². The Morgan fingerprint density at radius 1 is 0.903 bits per heavy atom. The molecule has 8 atom stereocenters. The molecule has 7 unspecified atom stereocenters. The van der Waals surface area contributed by atoms with Gasteiger partial charge in [-0.1, -0.05) is 12.8 Å². The quantitative estimate of drug-likeness (QED) is 0.730. The van der Waals surface area contributed by atoms with E-state index < -0.39 is 0 Å². The molecule has 0 bridgehead atoms. The first kappa shape index (κ1) is 21.7. The molecule has 31 heavy (non-hydrogen) atoms. The van der Waals surface area contributed by atoms with E-state index in [4.69, 9.17) is 4.74 Å². The van der Waals surface area contributed by atoms with Gasteiger partial charge in [0.1, 0.15) is 6.10 Å². The van der Waals surface area contributed by atoms with E-state index >= 15 is 0 Å². The van der Waals surface area contributed by atoms with Crippen LogP contribution in [-0.2, 0) is 14.3 Å². The highest BCUT2D eigenvalue weighted by molar-refractivity contribution is 5.82. The molecule has 6 nitrogen and oxygen atoms in total. The first-order valence-corrected chi connectivity index (χ1v) is 13.0. The second-order valence-electron chi connectivity index (χ2n) is 11.0. The lowest BCUT2D eigenvalue weighted by molar-refractivity contribution is -0.160. The van der Waals surface area contributed by atoms with Gasteiger partial charge in [0, 0.05) is 32.2 Å². The fraction of sp³-hybridized carbons (Fsp3) is 0.920. The zero-order chi connectivity index (χ0) is 21.5. The van der Waals surface area contributed by atoms with Gasteiger partial charge in [-0.3, -0.25) is 9.59 Å². The van der Waals surface area contributed by atoms with Crippen molar-refractivity contribution in [2.24, 2.45) is 17.8 Å². The van der Waals surface area contributed by atoms with Crippen molar-refractivity contribution in [2.45, 2.75) is 108 Å². The molecule has 1 N–H and O–H groups in total. The smallest absolute Gasteiger partial charge is 0.252 e. The summed E-state index contributed by atoms with van der Waals surface area (Å²) >= 11 is 0. The van der Waals surface area contributed by atoms with Gasteiger partial charge in [0.25, 0.3) is 5.91 Å². The van der Waals surface area contributed by atoms with E-state index in [-0.39, 0.29) is 36.0 Å². The fourth-order valence-electron chi connectivity index (χ4n) is 7.73. The van der Waals surface area contributed by atoms with Crippen molar-refractivity contribution in [3.63, 3.8) is 0 Å². The lowest BCUT2D eigenvalue weighted by Gasteiger charge is -2.55. The van der Waals surface area contributed by atoms with Crippen LogP contribution in [0.5, 0.6) is 0 Å². The van der Waals surface area contributed by atoms with Gasteiger partial charge in [0.2, 0.25) is 5.91 Å². The summed E-state index contributed by atoms with van der Waals surface area (Å²) in [6, 6.07) is 1.14. The summed E-state index contributed by atoms with van der Waals surface area (Å²) in [7, 11) is 0. The van der Waals surface area contributed by atoms with Crippen LogP contribution in [0.15, 0.2) is 0 Å². The topological polar surface area (TPSA) is 61.9 Å². The minimum atomic E-state index is -0.267. The lowest BCUT2D eigenvalue weighted by Crippen LogP contribution is -2.68. The number of hydrogen-bond acceptors (Lipinski definition) is 4. The molecule has 6 heteroatoms. The van der Waals surface area contributed by atoms with Gasteiger partial charge in [-0.2, -0.15) is 0 Å². The summed E-state index contributed by atoms with van der Waals surface area (Å²) in [6.45, 7) is 6.29. The number of carbonyl (C=O) groups is 2. The average Bonchev–Trinajstić information content (AvgIpc) is 3.32. The number of fused-ring (bicyclic) bond motifs is 2. The SMILES string of the molecule is CC(=O)N1C2CCC(C3CNC4CCCCC4C3)CC2N(C(=O)C2CCCO2)C[C@@H]1C. The minimum absolute atomic E-state index is 0.0833. The molecule has 3 heterocycles. The summed E-state index contributed by atoms with van der Waals surface area (Å²) in [5.74, 6) is 2.55. The number of nitrogens with zero attached hydrogens (tertiary/aromatic N) is 2. The molecule has 5 rings (SSSR count). The molecule has 2 aliphatic carbocycles. The molecule has 3 saturated heterocycles. The Morgan fingerprint density at radius 2 is 1.74 bits per heavy atom. The lowest BCUT2D eigenvalue weighted by atomic mass is 9.67. The zero-order valence-electron chi connectivity index (χ0n) is 19.4. The van der Waals surface area contributed by atoms with Crippen LogP contribution in [0.4, 0.5) is 0 Å². The summed E-state index contributed by atoms with van der Waals surface area (Å²) < 4.78 is 5.78. The van der Waals surface area contributed by atoms with Gasteiger partial charge in [0.05, 0.1) is 12.1 Å². The summed E-state index contributed by atoms with van der Waals surface area (Å²) in [6.07, 6.45) is 11.7. The maximum Gasteiger partial charge on any atom is 0.252 e. The second-order valence-corrected chi connectivity index (χ2v) is 11.0. The number of carbonyl (C=O) groups excluding carboxylic acids is 2. The Bertz CT molecular complexity index is 679. The van der Waals surface area contributed by atoms with Crippen molar-refractivity contribution in [1.82, 2.24) is 15.1 Å². The van der Waals surface area contributed by atoms with E-state index in [1.165, 1.54) is 38.5 Å². The van der Waals surface area contributed by atoms with Crippen LogP contribution in [0.25, 0.3) is 0 Å². The van der Waals surface area contributed by atoms with Gasteiger partial charge in [-0.15, -0.1) is 0 Å². The predicted molar refractivity (Wildman–Crippen MR) is 119 cm³/mol. The first-order valence-electron chi connectivity index (χ1n) is 13.0. The summed E-state index contributed by atoms with van der Waals surface area (Å²) in [5.41, 5.74) is 0. The van der Waals surface area contributed by atoms with Crippen LogP contribution >= 0.6 is 0 Å². The Morgan fingerprint density at radius 3 is 2.52 bits per heavy atom. The first-order chi connectivity index (χ1) is 15.0. The highest BCUT2D eigenvalue weighted by Crippen LogP contribution is 2.43. The van der Waals surface area contributed by atoms with Crippen molar-refractivity contribution < 1.29 is 14.3 Å². The van der Waals surface area contributed by atoms with Crippen molar-refractivity contribution in [2.75, 3.05) is 19.7 Å². The van der Waals surface area contributed by atoms with Gasteiger partial charge in [0.15, 0.2) is 0 Å². The van der Waals surface area contributed by atoms with Gasteiger partial charge < -0.3 is 19.9 Å². The van der Waals surface area contributed by atoms with Crippen LogP contribution < -0.4 is 5.32 Å². The molecule has 0 aromatic rings. The Hall–Kier alpha value is -1.14. The number of rotatable bonds is 2. The number of piperazine rings is 1. The molecule has 2 amide bonds. The van der Waals surface area contributed by atoms with E-state index in [9.17, 15) is 9.59 Å². The second kappa shape index (κ2) is 9.01. The number of ether oxygens (including phenoxy) is 1. The largest absolute Gasteiger partial charge is 0.368 e. The van der Waals surface area contributed by atoms with Crippen molar-refractivity contribution in [3.8, 4) is 0 Å². The van der Waals surface area contributed by atoms with E-state index in [1.54, 1.807) is 6.92 Å². The third-order valence-corrected chi connectivity index (χ3v) is 9.19. The van der Waals surface area contributed by atoms with Gasteiger partial charge in [-0.05, 0) is 82.6 Å². The molecule has 5 fully saturated rings. The molecule has 2 saturated carbocycles. The van der Waals surface area contributed by atoms with E-state index in [0.717, 1.165) is 44.2 Å². The van der Waals surface area contributed by atoms with Crippen LogP contribution in [0.3, 0.4) is 0 Å². The standard InChI is InChI=1S/C25H41N3O3/c1-16-15-27(25(30)24-8-5-11-31-24)23-13-18(9-10-22(23)28(16)17(2)29)20-12-19-6-3-4-7-21(19)26-14-20/h16,18-24,26H,3-15H2,1-2H3/t16-,18?,19?,20?,21?,22?,23?,24?/m0/s1. The third-order valence-electron chi connectivity index (χ3n) is 9.19. The van der Waals surface area contributed by atoms with E-state index in [1.807, 2.05) is 0 Å². The Labute approximate surface area is 187 Å². The molecule has 0 radical (unpaired) electrons. The third kappa shape index (κ3) is 4.15. The molecule has 0 spiro atoms. The van der Waals surface area contributed by atoms with Gasteiger partial charge >= 0.3 is 0 Å². The Balaban J connectivity index is 1.33. The number of amides is 2. The molecular weight excluding hydrogens is 390 g/mol. The Kier molecular flexibility index (Phi) is 6.31. The van der Waals surface area contributed by atoms with Gasteiger partial charge in [-0.25, -0.2) is 0 Å². The summed E-state index contributed by atoms with van der Waals surface area (Å²) in [4.78, 5) is 30.2. The minimum Gasteiger partial charge on any atom is -0.368 e. The van der Waals surface area contributed by atoms with E-state index in [0.29, 0.717) is 25.0 Å². The van der Waals surface area contributed by atoms with Crippen molar-refractivity contribution >= 4 is 11.8 Å². The molecular formula is C25H41N3O3. The predicted octanol–water partition coefficient (Wildman–Crippen LogP) is 2.95. The van der Waals surface area contributed by atoms with Crippen LogP contribution in [0.2, 0.25) is 0 Å². The normalized spacial score (nSPS) is 43.3. The molecule has 0 aromatic heterocycles. The maximum atomic E-state index is 13.4. The maximum absolute atomic E-state index is 13.4. The van der Waals surface area contributed by atoms with Crippen LogP contribution in [0, 0.1) is 17.8 Å². The van der Waals surface area contributed by atoms with Crippen LogP contribution in [-0.4, -0.2) is 71.6 Å². The highest BCUT2D eigenvalue weighted by atomic mass is 16.5. The number of piperidine rings is 1. The van der Waals surface area contributed by atoms with E-state index in [2.05, 4.69) is 22.0 Å². The van der Waals surface area contributed by atoms with Crippen molar-refractivity contribution in [3.05, 3.63) is 0 Å². The molecule has 3 aliphatic heterocycles. The molecule has 0 aromatic carbocycles. The monoisotopic (exact) mass is 431 g/mol. The molecule has 174 valence electrons. The average molecular weight is 432 g/mol. The number of nitrogens with one attached hydrogen (secondary N) is 1. The van der Waals surface area contributed by atoms with Crippen LogP contribution in [0.1, 0.15) is 78.1 Å². The highest BCUT2D eigenvalue weighted by Gasteiger charge is 2.49. The molecule has 5 aliphatic rings. The fourth-order valence-corrected chi connectivity index (χ4v) is 7.73.